The van der Waals surface area contributed by atoms with Crippen molar-refractivity contribution in [3.63, 3.8) is 0 Å². The molecule has 1 aliphatic heterocycles. The maximum atomic E-state index is 12.2. The molecule has 2 heterocycles. The second-order valence-corrected chi connectivity index (χ2v) is 8.09. The third kappa shape index (κ3) is 6.76. The number of carboxylic acids is 1. The summed E-state index contributed by atoms with van der Waals surface area (Å²) in [6.45, 7) is 0.769. The van der Waals surface area contributed by atoms with Crippen LogP contribution in [0.3, 0.4) is 0 Å². The number of aliphatic carboxylic acids is 1. The smallest absolute Gasteiger partial charge is 0.311 e. The van der Waals surface area contributed by atoms with Gasteiger partial charge in [-0.15, -0.1) is 20.2 Å². The van der Waals surface area contributed by atoms with Crippen LogP contribution in [-0.2, 0) is 37.0 Å². The Hall–Kier alpha value is -4.04. The molecule has 0 aliphatic carbocycles. The fraction of sp³-hybridized carbons (Fsp3) is 0.381. The molecule has 0 saturated carbocycles. The summed E-state index contributed by atoms with van der Waals surface area (Å²) >= 11 is 5.98. The summed E-state index contributed by atoms with van der Waals surface area (Å²) in [4.78, 5) is 57.9. The summed E-state index contributed by atoms with van der Waals surface area (Å²) in [7, 11) is 0. The average Bonchev–Trinajstić information content (AvgIpc) is 3.24. The second kappa shape index (κ2) is 11.6. The van der Waals surface area contributed by atoms with Crippen molar-refractivity contribution < 1.29 is 44.0 Å². The monoisotopic (exact) mass is 525 g/mol. The number of hydrogen-bond acceptors (Lipinski definition) is 11. The van der Waals surface area contributed by atoms with Crippen LogP contribution in [0.4, 0.5) is 0 Å². The number of nitrogens with zero attached hydrogens (tertiary/aromatic N) is 3. The van der Waals surface area contributed by atoms with E-state index in [1.807, 2.05) is 0 Å². The Labute approximate surface area is 207 Å². The maximum Gasteiger partial charge on any atom is 0.311 e. The fourth-order valence-electron chi connectivity index (χ4n) is 3.70. The van der Waals surface area contributed by atoms with E-state index in [4.69, 9.17) is 26.2 Å². The lowest BCUT2D eigenvalue weighted by Gasteiger charge is -2.20. The van der Waals surface area contributed by atoms with Gasteiger partial charge in [0.2, 0.25) is 0 Å². The molecule has 0 fully saturated rings. The molecule has 1 unspecified atom stereocenters. The highest BCUT2D eigenvalue weighted by Crippen LogP contribution is 2.43. The molecule has 192 valence electrons. The van der Waals surface area contributed by atoms with Gasteiger partial charge in [0.25, 0.3) is 10.2 Å². The van der Waals surface area contributed by atoms with Crippen LogP contribution in [-0.4, -0.2) is 44.9 Å². The number of hydrogen-bond donors (Lipinski definition) is 1. The predicted molar refractivity (Wildman–Crippen MR) is 118 cm³/mol. The summed E-state index contributed by atoms with van der Waals surface area (Å²) in [5.74, 6) is -1.88. The Balaban J connectivity index is 2.03. The van der Waals surface area contributed by atoms with Crippen molar-refractivity contribution in [1.82, 2.24) is 4.98 Å². The van der Waals surface area contributed by atoms with Crippen LogP contribution in [0.1, 0.15) is 47.0 Å². The first-order valence-corrected chi connectivity index (χ1v) is 10.8. The number of rotatable bonds is 12. The van der Waals surface area contributed by atoms with Gasteiger partial charge in [-0.3, -0.25) is 14.6 Å². The quantitative estimate of drug-likeness (QED) is 0.242. The van der Waals surface area contributed by atoms with E-state index in [1.165, 1.54) is 6.92 Å². The van der Waals surface area contributed by atoms with E-state index in [-0.39, 0.29) is 36.6 Å². The molecule has 0 radical (unpaired) electrons. The van der Waals surface area contributed by atoms with Gasteiger partial charge in [0, 0.05) is 28.3 Å². The molecule has 1 N–H and O–H groups in total. The van der Waals surface area contributed by atoms with Gasteiger partial charge in [-0.05, 0) is 24.6 Å². The molecule has 2 aromatic rings. The SMILES string of the molecule is Cc1nc(C[C@@H](CO[N+](=O)[O-])O[N+](=O)[O-])c2c(c1OC(=O)CCC(=O)O)COC2c1ccc(Cl)cc1. The molecule has 3 rings (SSSR count). The molecule has 15 heteroatoms. The fourth-order valence-corrected chi connectivity index (χ4v) is 3.83. The van der Waals surface area contributed by atoms with E-state index in [0.29, 0.717) is 21.7 Å². The number of esters is 1. The maximum absolute atomic E-state index is 12.2. The van der Waals surface area contributed by atoms with Crippen LogP contribution < -0.4 is 4.74 Å². The number of carboxylic acid groups (broad SMARTS) is 1. The van der Waals surface area contributed by atoms with Gasteiger partial charge >= 0.3 is 11.9 Å². The van der Waals surface area contributed by atoms with Crippen molar-refractivity contribution in [1.29, 1.82) is 0 Å². The summed E-state index contributed by atoms with van der Waals surface area (Å²) < 4.78 is 11.4. The number of halogens is 1. The number of carbonyl (C=O) groups excluding carboxylic acids is 1. The van der Waals surface area contributed by atoms with Gasteiger partial charge in [0.1, 0.15) is 18.8 Å². The van der Waals surface area contributed by atoms with Gasteiger partial charge < -0.3 is 24.3 Å². The molecule has 1 aromatic heterocycles. The van der Waals surface area contributed by atoms with Crippen LogP contribution >= 0.6 is 11.6 Å². The number of aromatic nitrogens is 1. The molecule has 14 nitrogen and oxygen atoms in total. The zero-order chi connectivity index (χ0) is 26.4. The Morgan fingerprint density at radius 3 is 2.53 bits per heavy atom. The lowest BCUT2D eigenvalue weighted by Crippen LogP contribution is -2.28. The van der Waals surface area contributed by atoms with Crippen LogP contribution in [0, 0.1) is 27.2 Å². The predicted octanol–water partition coefficient (Wildman–Crippen LogP) is 2.76. The summed E-state index contributed by atoms with van der Waals surface area (Å²) in [6.07, 6.45) is -3.17. The summed E-state index contributed by atoms with van der Waals surface area (Å²) in [5, 5.41) is 28.7. The molecule has 2 atom stereocenters. The normalized spacial score (nSPS) is 15.0. The third-order valence-electron chi connectivity index (χ3n) is 5.15. The molecule has 0 saturated heterocycles. The minimum absolute atomic E-state index is 0.0211. The first-order chi connectivity index (χ1) is 17.0. The van der Waals surface area contributed by atoms with Crippen LogP contribution in [0.5, 0.6) is 5.75 Å². The van der Waals surface area contributed by atoms with Crippen molar-refractivity contribution in [2.45, 2.75) is 45.0 Å². The van der Waals surface area contributed by atoms with Gasteiger partial charge in [0.15, 0.2) is 5.75 Å². The van der Waals surface area contributed by atoms with Crippen molar-refractivity contribution >= 4 is 23.5 Å². The van der Waals surface area contributed by atoms with E-state index in [1.54, 1.807) is 24.3 Å². The van der Waals surface area contributed by atoms with Gasteiger partial charge in [-0.1, -0.05) is 23.7 Å². The highest BCUT2D eigenvalue weighted by Gasteiger charge is 2.35. The number of carbonyl (C=O) groups is 2. The van der Waals surface area contributed by atoms with Crippen LogP contribution in [0.2, 0.25) is 5.02 Å². The zero-order valence-corrected chi connectivity index (χ0v) is 19.5. The Morgan fingerprint density at radius 2 is 1.92 bits per heavy atom. The van der Waals surface area contributed by atoms with E-state index in [0.717, 1.165) is 0 Å². The lowest BCUT2D eigenvalue weighted by molar-refractivity contribution is -0.790. The standard InChI is InChI=1S/C21H20ClN3O11/c1-11-20(35-18(28)7-6-17(26)27)15-10-33-21(12-2-4-13(22)5-3-12)19(15)16(23-11)8-14(36-25(31)32)9-34-24(29)30/h2-5,14,21H,6-10H2,1H3,(H,26,27)/t14-,21?/m0/s1. The number of aryl methyl sites for hydroxylation is 1. The summed E-state index contributed by atoms with van der Waals surface area (Å²) in [6, 6.07) is 6.67. The van der Waals surface area contributed by atoms with Gasteiger partial charge in [-0.25, -0.2) is 0 Å². The van der Waals surface area contributed by atoms with E-state index < -0.39 is 47.3 Å². The molecule has 1 aromatic carbocycles. The molecule has 0 bridgehead atoms. The first kappa shape index (κ1) is 26.6. The van der Waals surface area contributed by atoms with E-state index in [9.17, 15) is 29.8 Å². The Morgan fingerprint density at radius 1 is 1.22 bits per heavy atom. The zero-order valence-electron chi connectivity index (χ0n) is 18.7. The number of pyridine rings is 1. The van der Waals surface area contributed by atoms with E-state index >= 15 is 0 Å². The molecular weight excluding hydrogens is 506 g/mol. The van der Waals surface area contributed by atoms with Crippen molar-refractivity contribution in [3.8, 4) is 5.75 Å². The van der Waals surface area contributed by atoms with Gasteiger partial charge in [0.05, 0.1) is 25.1 Å². The average molecular weight is 526 g/mol. The third-order valence-corrected chi connectivity index (χ3v) is 5.40. The van der Waals surface area contributed by atoms with Crippen molar-refractivity contribution in [3.05, 3.63) is 77.6 Å². The Bertz CT molecular complexity index is 1170. The number of ether oxygens (including phenoxy) is 2. The second-order valence-electron chi connectivity index (χ2n) is 7.65. The van der Waals surface area contributed by atoms with E-state index in [2.05, 4.69) is 14.7 Å². The molecule has 0 spiro atoms. The minimum Gasteiger partial charge on any atom is -0.481 e. The summed E-state index contributed by atoms with van der Waals surface area (Å²) in [5.41, 5.74) is 1.99. The van der Waals surface area contributed by atoms with Crippen molar-refractivity contribution in [2.24, 2.45) is 0 Å². The Kier molecular flexibility index (Phi) is 8.55. The van der Waals surface area contributed by atoms with Crippen molar-refractivity contribution in [2.75, 3.05) is 6.61 Å². The van der Waals surface area contributed by atoms with Crippen LogP contribution in [0.15, 0.2) is 24.3 Å². The lowest BCUT2D eigenvalue weighted by atomic mass is 9.94. The molecular formula is C21H20ClN3O11. The topological polar surface area (TPSA) is 190 Å². The number of benzene rings is 1. The number of fused-ring (bicyclic) bond motifs is 1. The minimum atomic E-state index is -1.38. The van der Waals surface area contributed by atoms with Crippen LogP contribution in [0.25, 0.3) is 0 Å². The molecule has 1 aliphatic rings. The largest absolute Gasteiger partial charge is 0.481 e. The molecule has 0 amide bonds. The highest BCUT2D eigenvalue weighted by molar-refractivity contribution is 6.30. The van der Waals surface area contributed by atoms with Gasteiger partial charge in [-0.2, -0.15) is 0 Å². The highest BCUT2D eigenvalue weighted by atomic mass is 35.5. The first-order valence-electron chi connectivity index (χ1n) is 10.4. The molecule has 36 heavy (non-hydrogen) atoms.